The molecular formula is C57H35N5S. The highest BCUT2D eigenvalue weighted by molar-refractivity contribution is 7.25. The van der Waals surface area contributed by atoms with E-state index in [1.165, 1.54) is 52.8 Å². The number of para-hydroxylation sites is 3. The van der Waals surface area contributed by atoms with Crippen LogP contribution in [0.15, 0.2) is 212 Å². The summed E-state index contributed by atoms with van der Waals surface area (Å²) in [5, 5.41) is 7.37. The van der Waals surface area contributed by atoms with Crippen LogP contribution >= 0.6 is 11.3 Å². The average Bonchev–Trinajstić information content (AvgIpc) is 4.01. The van der Waals surface area contributed by atoms with Gasteiger partial charge in [0.1, 0.15) is 0 Å². The molecule has 0 unspecified atom stereocenters. The molecule has 0 aliphatic heterocycles. The van der Waals surface area contributed by atoms with Crippen LogP contribution < -0.4 is 0 Å². The third-order valence-corrected chi connectivity index (χ3v) is 13.5. The van der Waals surface area contributed by atoms with Gasteiger partial charge in [-0.25, -0.2) is 15.0 Å². The van der Waals surface area contributed by atoms with Crippen molar-refractivity contribution in [1.82, 2.24) is 24.1 Å². The second-order valence-corrected chi connectivity index (χ2v) is 17.1. The van der Waals surface area contributed by atoms with Gasteiger partial charge in [0.2, 0.25) is 0 Å². The van der Waals surface area contributed by atoms with Gasteiger partial charge in [0, 0.05) is 69.8 Å². The molecule has 0 spiro atoms. The topological polar surface area (TPSA) is 48.5 Å². The fourth-order valence-electron chi connectivity index (χ4n) is 9.51. The quantitative estimate of drug-likeness (QED) is 0.168. The molecule has 0 N–H and O–H groups in total. The Morgan fingerprint density at radius 3 is 1.44 bits per heavy atom. The molecule has 0 amide bonds. The van der Waals surface area contributed by atoms with Crippen LogP contribution in [-0.2, 0) is 0 Å². The number of aromatic nitrogens is 5. The number of thiophene rings is 1. The van der Waals surface area contributed by atoms with Gasteiger partial charge in [-0.1, -0.05) is 158 Å². The molecule has 4 aromatic heterocycles. The van der Waals surface area contributed by atoms with Crippen LogP contribution in [0.4, 0.5) is 0 Å². The number of hydrogen-bond acceptors (Lipinski definition) is 4. The van der Waals surface area contributed by atoms with Gasteiger partial charge in [-0.2, -0.15) is 0 Å². The molecule has 6 heteroatoms. The Hall–Kier alpha value is -8.19. The molecule has 0 aliphatic carbocycles. The average molecular weight is 822 g/mol. The first-order valence-corrected chi connectivity index (χ1v) is 22.0. The molecule has 0 saturated heterocycles. The van der Waals surface area contributed by atoms with Gasteiger partial charge >= 0.3 is 0 Å². The SMILES string of the molecule is c1ccc(-c2nc(-c3ccc4c(c3)sc3ccccc34)nc(-c3cc(-n4c5ccccc5c5ccc(-n6c7ccccc7c7ccccc76)cc54)ccc3-c3ccccc3)n2)cc1. The fraction of sp³-hybridized carbons (Fsp3) is 0. The summed E-state index contributed by atoms with van der Waals surface area (Å²) in [6, 6.07) is 75.7. The standard InChI is InChI=1S/C57H35N5S/c1-3-15-36(16-4-1)41-31-28-39(62-51-25-13-9-21-44(51)45-32-29-40(35-52(45)62)61-49-23-11-7-19-42(49)43-20-8-12-24-50(43)61)34-48(41)57-59-55(37-17-5-2-6-18-37)58-56(60-57)38-27-30-47-46-22-10-14-26-53(46)63-54(47)33-38/h1-35H. The maximum atomic E-state index is 5.37. The summed E-state index contributed by atoms with van der Waals surface area (Å²) >= 11 is 1.80. The Kier molecular flexibility index (Phi) is 8.01. The lowest BCUT2D eigenvalue weighted by atomic mass is 9.98. The molecule has 0 atom stereocenters. The normalized spacial score (nSPS) is 11.8. The lowest BCUT2D eigenvalue weighted by molar-refractivity contribution is 1.07. The molecule has 0 fully saturated rings. The first kappa shape index (κ1) is 35.6. The van der Waals surface area contributed by atoms with Crippen molar-refractivity contribution in [1.29, 1.82) is 0 Å². The molecule has 63 heavy (non-hydrogen) atoms. The molecule has 0 aliphatic rings. The second-order valence-electron chi connectivity index (χ2n) is 16.0. The number of benzene rings is 9. The summed E-state index contributed by atoms with van der Waals surface area (Å²) in [6.07, 6.45) is 0. The van der Waals surface area contributed by atoms with Crippen LogP contribution in [0.1, 0.15) is 0 Å². The van der Waals surface area contributed by atoms with Crippen molar-refractivity contribution >= 4 is 75.1 Å². The molecule has 0 saturated carbocycles. The van der Waals surface area contributed by atoms with Crippen molar-refractivity contribution in [3.63, 3.8) is 0 Å². The van der Waals surface area contributed by atoms with E-state index in [9.17, 15) is 0 Å². The van der Waals surface area contributed by atoms with E-state index in [-0.39, 0.29) is 0 Å². The van der Waals surface area contributed by atoms with Gasteiger partial charge in [-0.05, 0) is 65.7 Å². The van der Waals surface area contributed by atoms with Gasteiger partial charge in [0.05, 0.1) is 22.1 Å². The third kappa shape index (κ3) is 5.73. The van der Waals surface area contributed by atoms with Gasteiger partial charge in [-0.15, -0.1) is 11.3 Å². The summed E-state index contributed by atoms with van der Waals surface area (Å²) in [5.74, 6) is 1.88. The Morgan fingerprint density at radius 2 is 0.762 bits per heavy atom. The highest BCUT2D eigenvalue weighted by Gasteiger charge is 2.21. The number of nitrogens with zero attached hydrogens (tertiary/aromatic N) is 5. The first-order chi connectivity index (χ1) is 31.2. The van der Waals surface area contributed by atoms with Crippen molar-refractivity contribution in [2.24, 2.45) is 0 Å². The zero-order valence-corrected chi connectivity index (χ0v) is 34.7. The monoisotopic (exact) mass is 821 g/mol. The van der Waals surface area contributed by atoms with Crippen molar-refractivity contribution in [3.8, 4) is 56.7 Å². The van der Waals surface area contributed by atoms with Crippen molar-refractivity contribution < 1.29 is 0 Å². The fourth-order valence-corrected chi connectivity index (χ4v) is 10.7. The highest BCUT2D eigenvalue weighted by Crippen LogP contribution is 2.41. The Balaban J connectivity index is 1.06. The molecule has 9 aromatic carbocycles. The third-order valence-electron chi connectivity index (χ3n) is 12.4. The van der Waals surface area contributed by atoms with Crippen molar-refractivity contribution in [3.05, 3.63) is 212 Å². The zero-order valence-electron chi connectivity index (χ0n) is 33.9. The summed E-state index contributed by atoms with van der Waals surface area (Å²) < 4.78 is 7.26. The maximum absolute atomic E-state index is 5.37. The van der Waals surface area contributed by atoms with E-state index in [1.807, 2.05) is 18.2 Å². The second kappa shape index (κ2) is 14.2. The molecule has 4 heterocycles. The Labute approximate surface area is 366 Å². The lowest BCUT2D eigenvalue weighted by Gasteiger charge is -2.16. The van der Waals surface area contributed by atoms with Crippen LogP contribution in [0.2, 0.25) is 0 Å². The summed E-state index contributed by atoms with van der Waals surface area (Å²) in [4.78, 5) is 15.8. The minimum absolute atomic E-state index is 0.614. The molecular weight excluding hydrogens is 787 g/mol. The molecule has 0 bridgehead atoms. The van der Waals surface area contributed by atoms with Crippen LogP contribution in [-0.4, -0.2) is 24.1 Å². The van der Waals surface area contributed by atoms with Gasteiger partial charge in [-0.3, -0.25) is 0 Å². The van der Waals surface area contributed by atoms with Gasteiger partial charge < -0.3 is 9.13 Å². The van der Waals surface area contributed by atoms with Gasteiger partial charge in [0.15, 0.2) is 17.5 Å². The van der Waals surface area contributed by atoms with E-state index in [1.54, 1.807) is 11.3 Å². The molecule has 5 nitrogen and oxygen atoms in total. The largest absolute Gasteiger partial charge is 0.309 e. The van der Waals surface area contributed by atoms with E-state index in [0.29, 0.717) is 17.5 Å². The van der Waals surface area contributed by atoms with E-state index >= 15 is 0 Å². The minimum atomic E-state index is 0.614. The Bertz CT molecular complexity index is 3860. The van der Waals surface area contributed by atoms with E-state index in [2.05, 4.69) is 203 Å². The molecule has 13 aromatic rings. The van der Waals surface area contributed by atoms with Crippen molar-refractivity contribution in [2.45, 2.75) is 0 Å². The maximum Gasteiger partial charge on any atom is 0.164 e. The number of hydrogen-bond donors (Lipinski definition) is 0. The van der Waals surface area contributed by atoms with E-state index in [4.69, 9.17) is 15.0 Å². The zero-order chi connectivity index (χ0) is 41.4. The van der Waals surface area contributed by atoms with Gasteiger partial charge in [0.25, 0.3) is 0 Å². The number of rotatable bonds is 6. The van der Waals surface area contributed by atoms with Crippen molar-refractivity contribution in [2.75, 3.05) is 0 Å². The smallest absolute Gasteiger partial charge is 0.164 e. The first-order valence-electron chi connectivity index (χ1n) is 21.2. The molecule has 13 rings (SSSR count). The summed E-state index contributed by atoms with van der Waals surface area (Å²) in [7, 11) is 0. The molecule has 0 radical (unpaired) electrons. The van der Waals surface area contributed by atoms with Crippen LogP contribution in [0.5, 0.6) is 0 Å². The minimum Gasteiger partial charge on any atom is -0.309 e. The van der Waals surface area contributed by atoms with Crippen LogP contribution in [0.25, 0.3) is 120 Å². The number of fused-ring (bicyclic) bond motifs is 9. The summed E-state index contributed by atoms with van der Waals surface area (Å²) in [5.41, 5.74) is 11.7. The van der Waals surface area contributed by atoms with E-state index < -0.39 is 0 Å². The predicted octanol–water partition coefficient (Wildman–Crippen LogP) is 15.1. The highest BCUT2D eigenvalue weighted by atomic mass is 32.1. The summed E-state index contributed by atoms with van der Waals surface area (Å²) in [6.45, 7) is 0. The van der Waals surface area contributed by atoms with Crippen LogP contribution in [0, 0.1) is 0 Å². The van der Waals surface area contributed by atoms with Crippen LogP contribution in [0.3, 0.4) is 0 Å². The molecule has 294 valence electrons. The van der Waals surface area contributed by atoms with E-state index in [0.717, 1.165) is 50.2 Å². The lowest BCUT2D eigenvalue weighted by Crippen LogP contribution is -2.02. The predicted molar refractivity (Wildman–Crippen MR) is 263 cm³/mol. The Morgan fingerprint density at radius 1 is 0.286 bits per heavy atom.